The number of ether oxygens (including phenoxy) is 1. The summed E-state index contributed by atoms with van der Waals surface area (Å²) < 4.78 is 5.69. The van der Waals surface area contributed by atoms with E-state index in [1.54, 1.807) is 0 Å². The Hall–Kier alpha value is -2.29. The molecule has 3 heteroatoms. The lowest BCUT2D eigenvalue weighted by atomic mass is 10.1. The maximum atomic E-state index is 12.2. The number of benzene rings is 2. The van der Waals surface area contributed by atoms with Gasteiger partial charge in [-0.1, -0.05) is 35.9 Å². The van der Waals surface area contributed by atoms with Crippen LogP contribution in [-0.2, 0) is 4.79 Å². The fourth-order valence-corrected chi connectivity index (χ4v) is 2.72. The average molecular weight is 297 g/mol. The van der Waals surface area contributed by atoms with Crippen molar-refractivity contribution >= 4 is 11.6 Å². The summed E-state index contributed by atoms with van der Waals surface area (Å²) in [5.74, 6) is 0.646. The van der Waals surface area contributed by atoms with Crippen LogP contribution in [-0.4, -0.2) is 12.5 Å². The van der Waals surface area contributed by atoms with Gasteiger partial charge in [-0.25, -0.2) is 0 Å². The van der Waals surface area contributed by atoms with Gasteiger partial charge in [0.15, 0.2) is 6.61 Å². The number of rotatable bonds is 4. The fourth-order valence-electron chi connectivity index (χ4n) is 2.72. The molecule has 0 aliphatic heterocycles. The van der Waals surface area contributed by atoms with Crippen molar-refractivity contribution in [3.05, 3.63) is 58.1 Å². The van der Waals surface area contributed by atoms with Gasteiger partial charge in [0.25, 0.3) is 5.91 Å². The molecular formula is C19H23NO2. The SMILES string of the molecule is Cc1cc(C)c(NC(=O)COc2c(C)cccc2C)c(C)c1. The minimum absolute atomic E-state index is 0.0124. The monoisotopic (exact) mass is 297 g/mol. The van der Waals surface area contributed by atoms with Crippen molar-refractivity contribution in [2.24, 2.45) is 0 Å². The highest BCUT2D eigenvalue weighted by atomic mass is 16.5. The highest BCUT2D eigenvalue weighted by molar-refractivity contribution is 5.93. The minimum atomic E-state index is -0.141. The van der Waals surface area contributed by atoms with Crippen LogP contribution in [0.25, 0.3) is 0 Å². The van der Waals surface area contributed by atoms with Crippen LogP contribution in [0.15, 0.2) is 30.3 Å². The van der Waals surface area contributed by atoms with Gasteiger partial charge < -0.3 is 10.1 Å². The fraction of sp³-hybridized carbons (Fsp3) is 0.316. The van der Waals surface area contributed by atoms with Crippen LogP contribution in [0.2, 0.25) is 0 Å². The zero-order valence-corrected chi connectivity index (χ0v) is 13.9. The molecule has 0 spiro atoms. The molecular weight excluding hydrogens is 274 g/mol. The van der Waals surface area contributed by atoms with Gasteiger partial charge in [-0.3, -0.25) is 4.79 Å². The lowest BCUT2D eigenvalue weighted by molar-refractivity contribution is -0.118. The predicted octanol–water partition coefficient (Wildman–Crippen LogP) is 4.25. The first-order chi connectivity index (χ1) is 10.4. The number of anilines is 1. The van der Waals surface area contributed by atoms with E-state index in [2.05, 4.69) is 24.4 Å². The lowest BCUT2D eigenvalue weighted by Crippen LogP contribution is -2.21. The molecule has 2 rings (SSSR count). The maximum Gasteiger partial charge on any atom is 0.262 e. The van der Waals surface area contributed by atoms with E-state index in [-0.39, 0.29) is 12.5 Å². The summed E-state index contributed by atoms with van der Waals surface area (Å²) in [5.41, 5.74) is 6.28. The van der Waals surface area contributed by atoms with Gasteiger partial charge in [-0.2, -0.15) is 0 Å². The van der Waals surface area contributed by atoms with Crippen LogP contribution in [0.4, 0.5) is 5.69 Å². The number of aryl methyl sites for hydroxylation is 5. The molecule has 0 saturated heterocycles. The van der Waals surface area contributed by atoms with Gasteiger partial charge in [0.05, 0.1) is 0 Å². The Morgan fingerprint density at radius 1 is 0.955 bits per heavy atom. The van der Waals surface area contributed by atoms with Gasteiger partial charge in [-0.15, -0.1) is 0 Å². The van der Waals surface area contributed by atoms with Gasteiger partial charge in [0.2, 0.25) is 0 Å². The van der Waals surface area contributed by atoms with Crippen molar-refractivity contribution in [1.29, 1.82) is 0 Å². The Morgan fingerprint density at radius 2 is 1.50 bits per heavy atom. The van der Waals surface area contributed by atoms with Crippen LogP contribution in [0.1, 0.15) is 27.8 Å². The molecule has 0 aliphatic rings. The first-order valence-electron chi connectivity index (χ1n) is 7.45. The topological polar surface area (TPSA) is 38.3 Å². The van der Waals surface area contributed by atoms with Crippen molar-refractivity contribution in [3.8, 4) is 5.75 Å². The van der Waals surface area contributed by atoms with Crippen LogP contribution >= 0.6 is 0 Å². The number of hydrogen-bond donors (Lipinski definition) is 1. The lowest BCUT2D eigenvalue weighted by Gasteiger charge is -2.15. The predicted molar refractivity (Wildman–Crippen MR) is 90.7 cm³/mol. The van der Waals surface area contributed by atoms with Crippen LogP contribution < -0.4 is 10.1 Å². The molecule has 0 aromatic heterocycles. The van der Waals surface area contributed by atoms with E-state index >= 15 is 0 Å². The number of hydrogen-bond acceptors (Lipinski definition) is 2. The Kier molecular flexibility index (Phi) is 4.86. The number of carbonyl (C=O) groups excluding carboxylic acids is 1. The van der Waals surface area contributed by atoms with E-state index in [1.807, 2.05) is 45.9 Å². The molecule has 22 heavy (non-hydrogen) atoms. The first-order valence-corrected chi connectivity index (χ1v) is 7.45. The minimum Gasteiger partial charge on any atom is -0.483 e. The quantitative estimate of drug-likeness (QED) is 0.916. The first kappa shape index (κ1) is 16.1. The molecule has 1 amide bonds. The Labute approximate surface area is 132 Å². The summed E-state index contributed by atoms with van der Waals surface area (Å²) in [7, 11) is 0. The molecule has 0 unspecified atom stereocenters. The molecule has 0 radical (unpaired) electrons. The molecule has 0 bridgehead atoms. The molecule has 3 nitrogen and oxygen atoms in total. The van der Waals surface area contributed by atoms with Crippen LogP contribution in [0, 0.1) is 34.6 Å². The highest BCUT2D eigenvalue weighted by Gasteiger charge is 2.10. The second-order valence-electron chi connectivity index (χ2n) is 5.83. The maximum absolute atomic E-state index is 12.2. The van der Waals surface area contributed by atoms with Gasteiger partial charge in [0, 0.05) is 5.69 Å². The van der Waals surface area contributed by atoms with Crippen LogP contribution in [0.3, 0.4) is 0 Å². The van der Waals surface area contributed by atoms with E-state index < -0.39 is 0 Å². The normalized spacial score (nSPS) is 10.4. The second kappa shape index (κ2) is 6.65. The number of carbonyl (C=O) groups is 1. The van der Waals surface area contributed by atoms with Gasteiger partial charge in [0.1, 0.15) is 5.75 Å². The van der Waals surface area contributed by atoms with E-state index in [0.717, 1.165) is 33.7 Å². The molecule has 0 saturated carbocycles. The molecule has 0 fully saturated rings. The third-order valence-corrected chi connectivity index (χ3v) is 3.70. The Balaban J connectivity index is 2.05. The third-order valence-electron chi connectivity index (χ3n) is 3.70. The Morgan fingerprint density at radius 3 is 2.05 bits per heavy atom. The molecule has 1 N–H and O–H groups in total. The highest BCUT2D eigenvalue weighted by Crippen LogP contribution is 2.23. The van der Waals surface area contributed by atoms with E-state index in [4.69, 9.17) is 4.74 Å². The van der Waals surface area contributed by atoms with Crippen LogP contribution in [0.5, 0.6) is 5.75 Å². The van der Waals surface area contributed by atoms with Crippen molar-refractivity contribution in [2.75, 3.05) is 11.9 Å². The largest absolute Gasteiger partial charge is 0.483 e. The number of amides is 1. The molecule has 0 heterocycles. The summed E-state index contributed by atoms with van der Waals surface area (Å²) in [5, 5.41) is 2.95. The summed E-state index contributed by atoms with van der Waals surface area (Å²) in [6, 6.07) is 10.1. The van der Waals surface area contributed by atoms with E-state index in [0.29, 0.717) is 0 Å². The molecule has 0 atom stereocenters. The van der Waals surface area contributed by atoms with Crippen molar-refractivity contribution < 1.29 is 9.53 Å². The molecule has 2 aromatic carbocycles. The van der Waals surface area contributed by atoms with Crippen molar-refractivity contribution in [1.82, 2.24) is 0 Å². The number of para-hydroxylation sites is 1. The summed E-state index contributed by atoms with van der Waals surface area (Å²) in [4.78, 5) is 12.2. The molecule has 2 aromatic rings. The summed E-state index contributed by atoms with van der Waals surface area (Å²) >= 11 is 0. The van der Waals surface area contributed by atoms with Crippen molar-refractivity contribution in [3.63, 3.8) is 0 Å². The standard InChI is InChI=1S/C19H23NO2/c1-12-9-15(4)18(16(5)10-12)20-17(21)11-22-19-13(2)7-6-8-14(19)3/h6-10H,11H2,1-5H3,(H,20,21). The average Bonchev–Trinajstić information content (AvgIpc) is 2.42. The molecule has 116 valence electrons. The van der Waals surface area contributed by atoms with Gasteiger partial charge >= 0.3 is 0 Å². The zero-order chi connectivity index (χ0) is 16.3. The molecule has 0 aliphatic carbocycles. The third kappa shape index (κ3) is 3.67. The van der Waals surface area contributed by atoms with E-state index in [9.17, 15) is 4.79 Å². The van der Waals surface area contributed by atoms with Gasteiger partial charge in [-0.05, 0) is 56.9 Å². The van der Waals surface area contributed by atoms with Crippen molar-refractivity contribution in [2.45, 2.75) is 34.6 Å². The number of nitrogens with one attached hydrogen (secondary N) is 1. The summed E-state index contributed by atoms with van der Waals surface area (Å²) in [6.07, 6.45) is 0. The zero-order valence-electron chi connectivity index (χ0n) is 13.9. The second-order valence-corrected chi connectivity index (χ2v) is 5.83. The smallest absolute Gasteiger partial charge is 0.262 e. The Bertz CT molecular complexity index is 661. The van der Waals surface area contributed by atoms with E-state index in [1.165, 1.54) is 5.56 Å². The summed E-state index contributed by atoms with van der Waals surface area (Å²) in [6.45, 7) is 10.0.